The second-order valence-electron chi connectivity index (χ2n) is 7.36. The molecule has 1 aliphatic rings. The van der Waals surface area contributed by atoms with Gasteiger partial charge in [-0.2, -0.15) is 0 Å². The Morgan fingerprint density at radius 1 is 1.15 bits per heavy atom. The molecule has 0 atom stereocenters. The van der Waals surface area contributed by atoms with Crippen molar-refractivity contribution in [2.45, 2.75) is 11.7 Å². The van der Waals surface area contributed by atoms with Gasteiger partial charge in [-0.15, -0.1) is 21.5 Å². The summed E-state index contributed by atoms with van der Waals surface area (Å²) in [4.78, 5) is 16.3. The number of amides is 1. The highest BCUT2D eigenvalue weighted by atomic mass is 32.2. The Labute approximate surface area is 205 Å². The van der Waals surface area contributed by atoms with Crippen LogP contribution in [0.25, 0.3) is 5.69 Å². The number of anilines is 1. The van der Waals surface area contributed by atoms with Gasteiger partial charge in [-0.25, -0.2) is 0 Å². The molecule has 0 N–H and O–H groups in total. The monoisotopic (exact) mass is 494 g/mol. The van der Waals surface area contributed by atoms with E-state index in [0.717, 1.165) is 22.0 Å². The smallest absolute Gasteiger partial charge is 0.237 e. The SMILES string of the molecule is COc1ccc(-n2cnnc2SCC(=O)N(Cc2cccs2)c2ccc3c(c2)OCCO3)cc1. The minimum absolute atomic E-state index is 0.0423. The van der Waals surface area contributed by atoms with Crippen LogP contribution >= 0.6 is 23.1 Å². The maximum absolute atomic E-state index is 13.4. The molecule has 4 aromatic rings. The Morgan fingerprint density at radius 3 is 2.74 bits per heavy atom. The highest BCUT2D eigenvalue weighted by Crippen LogP contribution is 2.35. The standard InChI is InChI=1S/C24H22N4O4S2/c1-30-19-7-4-17(5-8-19)28-16-25-26-24(28)34-15-23(29)27(14-20-3-2-12-33-20)18-6-9-21-22(13-18)32-11-10-31-21/h2-9,12-13,16H,10-11,14-15H2,1H3. The molecule has 8 nitrogen and oxygen atoms in total. The van der Waals surface area contributed by atoms with Crippen molar-refractivity contribution in [3.05, 3.63) is 71.2 Å². The highest BCUT2D eigenvalue weighted by Gasteiger charge is 2.21. The van der Waals surface area contributed by atoms with Gasteiger partial charge in [0.05, 0.1) is 19.4 Å². The van der Waals surface area contributed by atoms with Crippen LogP contribution in [-0.4, -0.2) is 46.7 Å². The van der Waals surface area contributed by atoms with Gasteiger partial charge < -0.3 is 19.1 Å². The molecular weight excluding hydrogens is 472 g/mol. The number of methoxy groups -OCH3 is 1. The number of rotatable bonds is 8. The van der Waals surface area contributed by atoms with Crippen molar-refractivity contribution in [3.8, 4) is 22.9 Å². The van der Waals surface area contributed by atoms with E-state index in [4.69, 9.17) is 14.2 Å². The van der Waals surface area contributed by atoms with Crippen molar-refractivity contribution in [2.24, 2.45) is 0 Å². The van der Waals surface area contributed by atoms with Gasteiger partial charge in [-0.3, -0.25) is 9.36 Å². The Balaban J connectivity index is 1.35. The Bertz CT molecular complexity index is 1260. The molecule has 0 bridgehead atoms. The average molecular weight is 495 g/mol. The summed E-state index contributed by atoms with van der Waals surface area (Å²) in [7, 11) is 1.63. The van der Waals surface area contributed by atoms with Gasteiger partial charge in [-0.1, -0.05) is 17.8 Å². The predicted octanol–water partition coefficient (Wildman–Crippen LogP) is 4.43. The number of aromatic nitrogens is 3. The summed E-state index contributed by atoms with van der Waals surface area (Å²) in [5.74, 6) is 2.28. The first kappa shape index (κ1) is 22.3. The Hall–Kier alpha value is -3.50. The molecular formula is C24H22N4O4S2. The third-order valence-corrected chi connectivity index (χ3v) is 7.01. The molecule has 0 fully saturated rings. The minimum Gasteiger partial charge on any atom is -0.497 e. The molecule has 0 saturated heterocycles. The summed E-state index contributed by atoms with van der Waals surface area (Å²) in [6.07, 6.45) is 1.64. The number of fused-ring (bicyclic) bond motifs is 1. The van der Waals surface area contributed by atoms with Crippen LogP contribution in [0, 0.1) is 0 Å². The van der Waals surface area contributed by atoms with Crippen molar-refractivity contribution in [3.63, 3.8) is 0 Å². The number of benzene rings is 2. The molecule has 2 aromatic heterocycles. The number of thioether (sulfide) groups is 1. The number of carbonyl (C=O) groups excluding carboxylic acids is 1. The summed E-state index contributed by atoms with van der Waals surface area (Å²) in [5.41, 5.74) is 1.66. The number of carbonyl (C=O) groups is 1. The molecule has 3 heterocycles. The van der Waals surface area contributed by atoms with Crippen LogP contribution in [0.3, 0.4) is 0 Å². The second-order valence-corrected chi connectivity index (χ2v) is 9.33. The zero-order valence-electron chi connectivity index (χ0n) is 18.4. The third kappa shape index (κ3) is 4.87. The molecule has 0 saturated carbocycles. The molecule has 34 heavy (non-hydrogen) atoms. The number of thiophene rings is 1. The summed E-state index contributed by atoms with van der Waals surface area (Å²) in [5, 5.41) is 10.9. The van der Waals surface area contributed by atoms with Gasteiger partial charge >= 0.3 is 0 Å². The number of hydrogen-bond acceptors (Lipinski definition) is 8. The zero-order chi connectivity index (χ0) is 23.3. The average Bonchev–Trinajstić information content (AvgIpc) is 3.58. The molecule has 10 heteroatoms. The van der Waals surface area contributed by atoms with Crippen LogP contribution in [0.1, 0.15) is 4.88 Å². The highest BCUT2D eigenvalue weighted by molar-refractivity contribution is 7.99. The van der Waals surface area contributed by atoms with E-state index >= 15 is 0 Å². The van der Waals surface area contributed by atoms with Gasteiger partial charge in [0.25, 0.3) is 0 Å². The Kier molecular flexibility index (Phi) is 6.68. The molecule has 1 aliphatic heterocycles. The van der Waals surface area contributed by atoms with Crippen LogP contribution < -0.4 is 19.1 Å². The van der Waals surface area contributed by atoms with Gasteiger partial charge in [0.15, 0.2) is 16.7 Å². The fraction of sp³-hybridized carbons (Fsp3) is 0.208. The number of nitrogens with zero attached hydrogens (tertiary/aromatic N) is 4. The van der Waals surface area contributed by atoms with Crippen molar-refractivity contribution < 1.29 is 19.0 Å². The van der Waals surface area contributed by atoms with Gasteiger partial charge in [0, 0.05) is 22.3 Å². The molecule has 0 spiro atoms. The summed E-state index contributed by atoms with van der Waals surface area (Å²) >= 11 is 2.96. The quantitative estimate of drug-likeness (QED) is 0.335. The molecule has 0 radical (unpaired) electrons. The number of ether oxygens (including phenoxy) is 3. The van der Waals surface area contributed by atoms with E-state index in [-0.39, 0.29) is 11.7 Å². The van der Waals surface area contributed by atoms with Crippen LogP contribution in [0.15, 0.2) is 71.5 Å². The van der Waals surface area contributed by atoms with Gasteiger partial charge in [0.2, 0.25) is 5.91 Å². The molecule has 5 rings (SSSR count). The molecule has 1 amide bonds. The predicted molar refractivity (Wildman–Crippen MR) is 132 cm³/mol. The summed E-state index contributed by atoms with van der Waals surface area (Å²) in [6.45, 7) is 1.49. The van der Waals surface area contributed by atoms with E-state index in [0.29, 0.717) is 36.4 Å². The number of hydrogen-bond donors (Lipinski definition) is 0. The summed E-state index contributed by atoms with van der Waals surface area (Å²) < 4.78 is 18.4. The van der Waals surface area contributed by atoms with Crippen molar-refractivity contribution in [2.75, 3.05) is 31.0 Å². The minimum atomic E-state index is -0.0423. The van der Waals surface area contributed by atoms with Gasteiger partial charge in [0.1, 0.15) is 25.3 Å². The first-order valence-corrected chi connectivity index (χ1v) is 12.5. The molecule has 0 aliphatic carbocycles. The van der Waals surface area contributed by atoms with Gasteiger partial charge in [-0.05, 0) is 47.8 Å². The van der Waals surface area contributed by atoms with E-state index in [2.05, 4.69) is 10.2 Å². The summed E-state index contributed by atoms with van der Waals surface area (Å²) in [6, 6.07) is 17.2. The van der Waals surface area contributed by atoms with E-state index < -0.39 is 0 Å². The molecule has 0 unspecified atom stereocenters. The van der Waals surface area contributed by atoms with Crippen LogP contribution in [0.2, 0.25) is 0 Å². The maximum Gasteiger partial charge on any atom is 0.237 e. The lowest BCUT2D eigenvalue weighted by Crippen LogP contribution is -2.32. The lowest BCUT2D eigenvalue weighted by molar-refractivity contribution is -0.116. The largest absolute Gasteiger partial charge is 0.497 e. The first-order valence-electron chi connectivity index (χ1n) is 10.6. The van der Waals surface area contributed by atoms with Crippen LogP contribution in [0.4, 0.5) is 5.69 Å². The van der Waals surface area contributed by atoms with Crippen LogP contribution in [-0.2, 0) is 11.3 Å². The molecule has 2 aromatic carbocycles. The van der Waals surface area contributed by atoms with E-state index in [9.17, 15) is 4.79 Å². The topological polar surface area (TPSA) is 78.7 Å². The maximum atomic E-state index is 13.4. The fourth-order valence-electron chi connectivity index (χ4n) is 3.53. The molecule has 174 valence electrons. The van der Waals surface area contributed by atoms with Crippen molar-refractivity contribution >= 4 is 34.7 Å². The van der Waals surface area contributed by atoms with E-state index in [1.807, 2.05) is 64.5 Å². The second kappa shape index (κ2) is 10.2. The third-order valence-electron chi connectivity index (χ3n) is 5.22. The van der Waals surface area contributed by atoms with Crippen molar-refractivity contribution in [1.29, 1.82) is 0 Å². The zero-order valence-corrected chi connectivity index (χ0v) is 20.1. The van der Waals surface area contributed by atoms with E-state index in [1.165, 1.54) is 11.8 Å². The Morgan fingerprint density at radius 2 is 1.97 bits per heavy atom. The first-order chi connectivity index (χ1) is 16.7. The lowest BCUT2D eigenvalue weighted by atomic mass is 10.2. The van der Waals surface area contributed by atoms with E-state index in [1.54, 1.807) is 29.7 Å². The normalized spacial score (nSPS) is 12.4. The fourth-order valence-corrected chi connectivity index (χ4v) is 5.03. The lowest BCUT2D eigenvalue weighted by Gasteiger charge is -2.25. The van der Waals surface area contributed by atoms with Crippen molar-refractivity contribution in [1.82, 2.24) is 14.8 Å². The van der Waals surface area contributed by atoms with Crippen LogP contribution in [0.5, 0.6) is 17.2 Å².